The first-order valence-electron chi connectivity index (χ1n) is 7.87. The lowest BCUT2D eigenvalue weighted by atomic mass is 10.1. The van der Waals surface area contributed by atoms with Gasteiger partial charge in [0, 0.05) is 35.5 Å². The summed E-state index contributed by atoms with van der Waals surface area (Å²) in [7, 11) is 0. The Morgan fingerprint density at radius 1 is 1.12 bits per heavy atom. The van der Waals surface area contributed by atoms with E-state index in [4.69, 9.17) is 10.5 Å². The molecule has 0 spiro atoms. The van der Waals surface area contributed by atoms with Gasteiger partial charge in [-0.05, 0) is 35.9 Å². The minimum absolute atomic E-state index is 0. The van der Waals surface area contributed by atoms with Crippen LogP contribution in [0.5, 0.6) is 0 Å². The number of ether oxygens (including phenoxy) is 1. The van der Waals surface area contributed by atoms with E-state index in [1.807, 2.05) is 24.3 Å². The van der Waals surface area contributed by atoms with Crippen molar-refractivity contribution in [2.75, 3.05) is 37.4 Å². The van der Waals surface area contributed by atoms with Crippen molar-refractivity contribution in [3.63, 3.8) is 0 Å². The molecule has 0 atom stereocenters. The zero-order valence-corrected chi connectivity index (χ0v) is 17.3. The topological polar surface area (TPSA) is 67.6 Å². The fraction of sp³-hybridized carbons (Fsp3) is 0.278. The molecule has 1 aliphatic heterocycles. The molecule has 1 aliphatic rings. The van der Waals surface area contributed by atoms with Gasteiger partial charge in [0.2, 0.25) is 0 Å². The Labute approximate surface area is 174 Å². The normalized spacial score (nSPS) is 14.0. The van der Waals surface area contributed by atoms with Crippen molar-refractivity contribution in [3.8, 4) is 0 Å². The summed E-state index contributed by atoms with van der Waals surface area (Å²) in [5, 5.41) is 2.88. The number of nitrogens with two attached hydrogens (primary N) is 1. The maximum Gasteiger partial charge on any atom is 0.257 e. The van der Waals surface area contributed by atoms with Crippen molar-refractivity contribution in [1.29, 1.82) is 0 Å². The maximum absolute atomic E-state index is 12.3. The predicted molar refractivity (Wildman–Crippen MR) is 114 cm³/mol. The molecule has 2 aromatic carbocycles. The summed E-state index contributed by atoms with van der Waals surface area (Å²) in [6, 6.07) is 13.1. The highest BCUT2D eigenvalue weighted by molar-refractivity contribution is 9.10. The number of amides is 1. The molecule has 142 valence electrons. The van der Waals surface area contributed by atoms with E-state index >= 15 is 0 Å². The van der Waals surface area contributed by atoms with Gasteiger partial charge in [0.25, 0.3) is 5.91 Å². The smallest absolute Gasteiger partial charge is 0.257 e. The Hall–Kier alpha value is -1.31. The minimum Gasteiger partial charge on any atom is -0.398 e. The molecule has 3 rings (SSSR count). The van der Waals surface area contributed by atoms with Gasteiger partial charge in [0.1, 0.15) is 0 Å². The van der Waals surface area contributed by atoms with E-state index < -0.39 is 0 Å². The SMILES string of the molecule is Cl.Cl.Nc1cc(Br)ccc1C(=O)Nc1ccc(CN2CCOCC2)cc1. The van der Waals surface area contributed by atoms with Crippen LogP contribution in [0.1, 0.15) is 15.9 Å². The number of nitrogens with zero attached hydrogens (tertiary/aromatic N) is 1. The summed E-state index contributed by atoms with van der Waals surface area (Å²) >= 11 is 3.34. The molecule has 0 unspecified atom stereocenters. The van der Waals surface area contributed by atoms with Crippen LogP contribution in [-0.2, 0) is 11.3 Å². The van der Waals surface area contributed by atoms with E-state index in [0.29, 0.717) is 11.3 Å². The van der Waals surface area contributed by atoms with E-state index in [2.05, 4.69) is 26.1 Å². The second-order valence-corrected chi connectivity index (χ2v) is 6.69. The van der Waals surface area contributed by atoms with E-state index in [1.54, 1.807) is 18.2 Å². The molecule has 1 heterocycles. The molecule has 2 aromatic rings. The number of nitrogens with one attached hydrogen (secondary N) is 1. The summed E-state index contributed by atoms with van der Waals surface area (Å²) in [5.41, 5.74) is 8.79. The molecule has 0 aliphatic carbocycles. The van der Waals surface area contributed by atoms with Gasteiger partial charge in [-0.3, -0.25) is 9.69 Å². The monoisotopic (exact) mass is 461 g/mol. The van der Waals surface area contributed by atoms with Gasteiger partial charge in [-0.2, -0.15) is 0 Å². The van der Waals surface area contributed by atoms with Crippen LogP contribution in [0, 0.1) is 0 Å². The van der Waals surface area contributed by atoms with Gasteiger partial charge >= 0.3 is 0 Å². The first kappa shape index (κ1) is 22.7. The van der Waals surface area contributed by atoms with Crippen LogP contribution >= 0.6 is 40.7 Å². The zero-order chi connectivity index (χ0) is 16.9. The third-order valence-electron chi connectivity index (χ3n) is 3.98. The van der Waals surface area contributed by atoms with Crippen molar-refractivity contribution in [2.24, 2.45) is 0 Å². The quantitative estimate of drug-likeness (QED) is 0.674. The van der Waals surface area contributed by atoms with Crippen molar-refractivity contribution < 1.29 is 9.53 Å². The molecule has 0 saturated carbocycles. The largest absolute Gasteiger partial charge is 0.398 e. The number of hydrogen-bond acceptors (Lipinski definition) is 4. The van der Waals surface area contributed by atoms with Gasteiger partial charge in [0.15, 0.2) is 0 Å². The summed E-state index contributed by atoms with van der Waals surface area (Å²) in [5.74, 6) is -0.207. The summed E-state index contributed by atoms with van der Waals surface area (Å²) < 4.78 is 6.21. The molecule has 0 aromatic heterocycles. The van der Waals surface area contributed by atoms with Crippen LogP contribution in [0.3, 0.4) is 0 Å². The van der Waals surface area contributed by atoms with E-state index in [9.17, 15) is 4.79 Å². The van der Waals surface area contributed by atoms with E-state index in [1.165, 1.54) is 5.56 Å². The number of nitrogen functional groups attached to an aromatic ring is 1. The summed E-state index contributed by atoms with van der Waals surface area (Å²) in [6.07, 6.45) is 0. The fourth-order valence-corrected chi connectivity index (χ4v) is 3.03. The molecule has 1 saturated heterocycles. The fourth-order valence-electron chi connectivity index (χ4n) is 2.65. The average Bonchev–Trinajstić information content (AvgIpc) is 2.57. The lowest BCUT2D eigenvalue weighted by Crippen LogP contribution is -2.35. The van der Waals surface area contributed by atoms with Crippen molar-refractivity contribution in [2.45, 2.75) is 6.54 Å². The first-order valence-corrected chi connectivity index (χ1v) is 8.66. The van der Waals surface area contributed by atoms with Gasteiger partial charge in [-0.1, -0.05) is 28.1 Å². The second-order valence-electron chi connectivity index (χ2n) is 5.77. The molecule has 26 heavy (non-hydrogen) atoms. The highest BCUT2D eigenvalue weighted by Crippen LogP contribution is 2.20. The van der Waals surface area contributed by atoms with Crippen LogP contribution < -0.4 is 11.1 Å². The number of morpholine rings is 1. The molecule has 5 nitrogen and oxygen atoms in total. The van der Waals surface area contributed by atoms with Gasteiger partial charge in [0.05, 0.1) is 18.8 Å². The predicted octanol–water partition coefficient (Wildman–Crippen LogP) is 3.96. The third kappa shape index (κ3) is 6.14. The zero-order valence-electron chi connectivity index (χ0n) is 14.1. The number of carbonyl (C=O) groups is 1. The number of anilines is 2. The number of halogens is 3. The highest BCUT2D eigenvalue weighted by atomic mass is 79.9. The van der Waals surface area contributed by atoms with E-state index in [-0.39, 0.29) is 30.7 Å². The van der Waals surface area contributed by atoms with Crippen LogP contribution in [-0.4, -0.2) is 37.1 Å². The van der Waals surface area contributed by atoms with Gasteiger partial charge < -0.3 is 15.8 Å². The first-order chi connectivity index (χ1) is 11.6. The molecular formula is C18H22BrCl2N3O2. The number of hydrogen-bond donors (Lipinski definition) is 2. The van der Waals surface area contributed by atoms with Crippen molar-refractivity contribution in [1.82, 2.24) is 4.90 Å². The summed E-state index contributed by atoms with van der Waals surface area (Å²) in [6.45, 7) is 4.41. The molecule has 1 amide bonds. The van der Waals surface area contributed by atoms with Crippen molar-refractivity contribution >= 4 is 58.0 Å². The molecule has 1 fully saturated rings. The highest BCUT2D eigenvalue weighted by Gasteiger charge is 2.12. The molecule has 8 heteroatoms. The standard InChI is InChI=1S/C18H20BrN3O2.2ClH/c19-14-3-6-16(17(20)11-14)18(23)21-15-4-1-13(2-5-15)12-22-7-9-24-10-8-22;;/h1-6,11H,7-10,12,20H2,(H,21,23);2*1H. The number of carbonyl (C=O) groups excluding carboxylic acids is 1. The van der Waals surface area contributed by atoms with Gasteiger partial charge in [-0.15, -0.1) is 24.8 Å². The lowest BCUT2D eigenvalue weighted by Gasteiger charge is -2.26. The van der Waals surface area contributed by atoms with Crippen molar-refractivity contribution in [3.05, 3.63) is 58.1 Å². The van der Waals surface area contributed by atoms with E-state index in [0.717, 1.165) is 43.0 Å². The Balaban J connectivity index is 0.00000169. The molecule has 0 radical (unpaired) electrons. The number of rotatable bonds is 4. The average molecular weight is 463 g/mol. The summed E-state index contributed by atoms with van der Waals surface area (Å²) in [4.78, 5) is 14.7. The Kier molecular flexibility index (Phi) is 9.39. The second kappa shape index (κ2) is 10.7. The minimum atomic E-state index is -0.207. The maximum atomic E-state index is 12.3. The van der Waals surface area contributed by atoms with Crippen LogP contribution in [0.2, 0.25) is 0 Å². The third-order valence-corrected chi connectivity index (χ3v) is 4.47. The Morgan fingerprint density at radius 3 is 2.38 bits per heavy atom. The molecule has 3 N–H and O–H groups in total. The molecule has 0 bridgehead atoms. The van der Waals surface area contributed by atoms with Crippen LogP contribution in [0.25, 0.3) is 0 Å². The number of benzene rings is 2. The Bertz CT molecular complexity index is 723. The van der Waals surface area contributed by atoms with Gasteiger partial charge in [-0.25, -0.2) is 0 Å². The van der Waals surface area contributed by atoms with Crippen LogP contribution in [0.15, 0.2) is 46.9 Å². The van der Waals surface area contributed by atoms with Crippen LogP contribution in [0.4, 0.5) is 11.4 Å². The lowest BCUT2D eigenvalue weighted by molar-refractivity contribution is 0.0342. The Morgan fingerprint density at radius 2 is 1.77 bits per heavy atom. The molecular weight excluding hydrogens is 441 g/mol.